The highest BCUT2D eigenvalue weighted by Gasteiger charge is 2.20. The van der Waals surface area contributed by atoms with E-state index in [-0.39, 0.29) is 5.91 Å². The summed E-state index contributed by atoms with van der Waals surface area (Å²) in [5.74, 6) is 0.566. The summed E-state index contributed by atoms with van der Waals surface area (Å²) < 4.78 is 0. The molecule has 2 N–H and O–H groups in total. The van der Waals surface area contributed by atoms with Crippen LogP contribution in [0.5, 0.6) is 0 Å². The molecule has 1 saturated heterocycles. The molecule has 1 aliphatic heterocycles. The zero-order chi connectivity index (χ0) is 13.7. The van der Waals surface area contributed by atoms with Crippen LogP contribution in [0.3, 0.4) is 0 Å². The van der Waals surface area contributed by atoms with Crippen molar-refractivity contribution < 1.29 is 4.79 Å². The van der Waals surface area contributed by atoms with Gasteiger partial charge in [-0.1, -0.05) is 0 Å². The van der Waals surface area contributed by atoms with Crippen LogP contribution in [0.4, 0.5) is 5.82 Å². The largest absolute Gasteiger partial charge is 0.372 e. The number of nitrogens with one attached hydrogen (secondary N) is 2. The van der Waals surface area contributed by atoms with E-state index in [0.29, 0.717) is 24.0 Å². The molecule has 0 aliphatic carbocycles. The molecule has 1 aromatic rings. The monoisotopic (exact) mass is 262 g/mol. The highest BCUT2D eigenvalue weighted by Crippen LogP contribution is 2.17. The maximum absolute atomic E-state index is 12.1. The standard InChI is InChI=1S/C14H22N4O/c1-15-13-12(6-3-8-16-13)14(19)17-9-7-11-5-4-10-18(11)2/h3,6,8,11H,4-5,7,9-10H2,1-2H3,(H,15,16)(H,17,19)/t11-/m1/s1. The quantitative estimate of drug-likeness (QED) is 0.840. The van der Waals surface area contributed by atoms with Crippen molar-refractivity contribution in [3.63, 3.8) is 0 Å². The van der Waals surface area contributed by atoms with Crippen molar-refractivity contribution in [2.24, 2.45) is 0 Å². The first-order valence-electron chi connectivity index (χ1n) is 6.83. The van der Waals surface area contributed by atoms with Gasteiger partial charge in [-0.25, -0.2) is 4.98 Å². The first-order chi connectivity index (χ1) is 9.22. The van der Waals surface area contributed by atoms with Gasteiger partial charge < -0.3 is 15.5 Å². The van der Waals surface area contributed by atoms with Crippen LogP contribution in [0.15, 0.2) is 18.3 Å². The van der Waals surface area contributed by atoms with E-state index in [0.717, 1.165) is 6.42 Å². The number of anilines is 1. The fourth-order valence-electron chi connectivity index (χ4n) is 2.58. The number of hydrogen-bond donors (Lipinski definition) is 2. The van der Waals surface area contributed by atoms with Crippen molar-refractivity contribution in [1.29, 1.82) is 0 Å². The number of hydrogen-bond acceptors (Lipinski definition) is 4. The molecule has 1 fully saturated rings. The zero-order valence-corrected chi connectivity index (χ0v) is 11.6. The van der Waals surface area contributed by atoms with Gasteiger partial charge in [0.2, 0.25) is 0 Å². The summed E-state index contributed by atoms with van der Waals surface area (Å²) in [7, 11) is 3.92. The minimum Gasteiger partial charge on any atom is -0.372 e. The number of pyridine rings is 1. The molecule has 0 bridgehead atoms. The third-order valence-corrected chi connectivity index (χ3v) is 3.72. The van der Waals surface area contributed by atoms with E-state index in [4.69, 9.17) is 0 Å². The normalized spacial score (nSPS) is 19.4. The van der Waals surface area contributed by atoms with Crippen molar-refractivity contribution >= 4 is 11.7 Å². The molecule has 0 aromatic carbocycles. The second-order valence-corrected chi connectivity index (χ2v) is 4.97. The van der Waals surface area contributed by atoms with Gasteiger partial charge in [-0.3, -0.25) is 4.79 Å². The van der Waals surface area contributed by atoms with Crippen LogP contribution in [0.1, 0.15) is 29.6 Å². The van der Waals surface area contributed by atoms with Gasteiger partial charge in [-0.15, -0.1) is 0 Å². The number of likely N-dealkylation sites (tertiary alicyclic amines) is 1. The van der Waals surface area contributed by atoms with E-state index in [1.54, 1.807) is 25.4 Å². The van der Waals surface area contributed by atoms with Gasteiger partial charge in [0.1, 0.15) is 5.82 Å². The van der Waals surface area contributed by atoms with Gasteiger partial charge in [0.05, 0.1) is 5.56 Å². The van der Waals surface area contributed by atoms with Gasteiger partial charge in [0, 0.05) is 25.8 Å². The maximum Gasteiger partial charge on any atom is 0.255 e. The number of amides is 1. The van der Waals surface area contributed by atoms with Crippen molar-refractivity contribution in [2.75, 3.05) is 32.5 Å². The summed E-state index contributed by atoms with van der Waals surface area (Å²) >= 11 is 0. The lowest BCUT2D eigenvalue weighted by Gasteiger charge is -2.19. The number of rotatable bonds is 5. The molecule has 2 heterocycles. The molecule has 104 valence electrons. The Morgan fingerprint density at radius 2 is 2.42 bits per heavy atom. The van der Waals surface area contributed by atoms with Crippen LogP contribution in [0.25, 0.3) is 0 Å². The molecule has 0 radical (unpaired) electrons. The minimum atomic E-state index is -0.0573. The van der Waals surface area contributed by atoms with Gasteiger partial charge in [-0.05, 0) is 45.0 Å². The molecule has 19 heavy (non-hydrogen) atoms. The smallest absolute Gasteiger partial charge is 0.255 e. The summed E-state index contributed by atoms with van der Waals surface area (Å²) in [5.41, 5.74) is 0.602. The summed E-state index contributed by atoms with van der Waals surface area (Å²) in [6.45, 7) is 1.89. The predicted octanol–water partition coefficient (Wildman–Crippen LogP) is 1.34. The van der Waals surface area contributed by atoms with Crippen LogP contribution in [-0.2, 0) is 0 Å². The minimum absolute atomic E-state index is 0.0573. The summed E-state index contributed by atoms with van der Waals surface area (Å²) in [6.07, 6.45) is 5.19. The van der Waals surface area contributed by atoms with E-state index in [1.807, 2.05) is 0 Å². The van der Waals surface area contributed by atoms with Crippen molar-refractivity contribution in [1.82, 2.24) is 15.2 Å². The van der Waals surface area contributed by atoms with Crippen LogP contribution >= 0.6 is 0 Å². The van der Waals surface area contributed by atoms with Gasteiger partial charge >= 0.3 is 0 Å². The lowest BCUT2D eigenvalue weighted by atomic mass is 10.1. The Balaban J connectivity index is 1.84. The van der Waals surface area contributed by atoms with Gasteiger partial charge in [0.25, 0.3) is 5.91 Å². The molecule has 0 saturated carbocycles. The topological polar surface area (TPSA) is 57.3 Å². The molecule has 1 aliphatic rings. The van der Waals surface area contributed by atoms with Crippen molar-refractivity contribution in [3.05, 3.63) is 23.9 Å². The zero-order valence-electron chi connectivity index (χ0n) is 11.6. The predicted molar refractivity (Wildman–Crippen MR) is 76.4 cm³/mol. The van der Waals surface area contributed by atoms with E-state index < -0.39 is 0 Å². The Morgan fingerprint density at radius 1 is 1.58 bits per heavy atom. The van der Waals surface area contributed by atoms with E-state index in [1.165, 1.54) is 19.4 Å². The Bertz CT molecular complexity index is 435. The number of carbonyl (C=O) groups is 1. The number of aromatic nitrogens is 1. The van der Waals surface area contributed by atoms with Crippen LogP contribution < -0.4 is 10.6 Å². The van der Waals surface area contributed by atoms with Crippen LogP contribution in [0, 0.1) is 0 Å². The summed E-state index contributed by atoms with van der Waals surface area (Å²) in [6, 6.07) is 4.18. The van der Waals surface area contributed by atoms with Crippen molar-refractivity contribution in [2.45, 2.75) is 25.3 Å². The fourth-order valence-corrected chi connectivity index (χ4v) is 2.58. The lowest BCUT2D eigenvalue weighted by molar-refractivity contribution is 0.0951. The molecule has 1 atom stereocenters. The van der Waals surface area contributed by atoms with E-state index in [2.05, 4.69) is 27.6 Å². The second kappa shape index (κ2) is 6.52. The van der Waals surface area contributed by atoms with Gasteiger partial charge in [-0.2, -0.15) is 0 Å². The number of carbonyl (C=O) groups excluding carboxylic acids is 1. The number of nitrogens with zero attached hydrogens (tertiary/aromatic N) is 2. The Kier molecular flexibility index (Phi) is 4.74. The molecule has 5 nitrogen and oxygen atoms in total. The molecular formula is C14H22N4O. The van der Waals surface area contributed by atoms with E-state index >= 15 is 0 Å². The Labute approximate surface area is 114 Å². The average molecular weight is 262 g/mol. The maximum atomic E-state index is 12.1. The molecule has 1 aromatic heterocycles. The first kappa shape index (κ1) is 13.8. The molecule has 0 unspecified atom stereocenters. The van der Waals surface area contributed by atoms with Crippen molar-refractivity contribution in [3.8, 4) is 0 Å². The van der Waals surface area contributed by atoms with Gasteiger partial charge in [0.15, 0.2) is 0 Å². The molecular weight excluding hydrogens is 240 g/mol. The molecule has 1 amide bonds. The summed E-state index contributed by atoms with van der Waals surface area (Å²) in [4.78, 5) is 18.6. The highest BCUT2D eigenvalue weighted by atomic mass is 16.1. The third-order valence-electron chi connectivity index (χ3n) is 3.72. The Hall–Kier alpha value is -1.62. The summed E-state index contributed by atoms with van der Waals surface area (Å²) in [5, 5.41) is 5.91. The molecule has 2 rings (SSSR count). The average Bonchev–Trinajstić information content (AvgIpc) is 2.84. The highest BCUT2D eigenvalue weighted by molar-refractivity contribution is 5.98. The van der Waals surface area contributed by atoms with Crippen LogP contribution in [-0.4, -0.2) is 49.0 Å². The molecule has 0 spiro atoms. The lowest BCUT2D eigenvalue weighted by Crippen LogP contribution is -2.32. The molecule has 5 heteroatoms. The van der Waals surface area contributed by atoms with Crippen LogP contribution in [0.2, 0.25) is 0 Å². The van der Waals surface area contributed by atoms with E-state index in [9.17, 15) is 4.79 Å². The Morgan fingerprint density at radius 3 is 3.11 bits per heavy atom. The fraction of sp³-hybridized carbons (Fsp3) is 0.571. The SMILES string of the molecule is CNc1ncccc1C(=O)NCC[C@H]1CCCN1C. The second-order valence-electron chi connectivity index (χ2n) is 4.97. The first-order valence-corrected chi connectivity index (χ1v) is 6.83. The third kappa shape index (κ3) is 3.44.